The largest absolute Gasteiger partial charge is 0.481 e. The van der Waals surface area contributed by atoms with Gasteiger partial charge in [-0.25, -0.2) is 0 Å². The number of nitrogens with one attached hydrogen (secondary N) is 2. The summed E-state index contributed by atoms with van der Waals surface area (Å²) in [5, 5.41) is 14.8. The van der Waals surface area contributed by atoms with E-state index in [9.17, 15) is 9.59 Å². The molecule has 0 bridgehead atoms. The van der Waals surface area contributed by atoms with Gasteiger partial charge in [-0.3, -0.25) is 9.59 Å². The first-order valence-electron chi connectivity index (χ1n) is 6.03. The lowest BCUT2D eigenvalue weighted by atomic mass is 10.1. The smallest absolute Gasteiger partial charge is 0.306 e. The van der Waals surface area contributed by atoms with Crippen molar-refractivity contribution in [2.24, 2.45) is 11.8 Å². The molecule has 0 saturated heterocycles. The third-order valence-corrected chi connectivity index (χ3v) is 3.54. The number of benzene rings is 1. The molecular formula is C13H14N2O3. The predicted molar refractivity (Wildman–Crippen MR) is 66.5 cm³/mol. The van der Waals surface area contributed by atoms with E-state index in [0.717, 1.165) is 23.4 Å². The summed E-state index contributed by atoms with van der Waals surface area (Å²) in [6.07, 6.45) is 1.18. The minimum absolute atomic E-state index is 0.0234. The van der Waals surface area contributed by atoms with Gasteiger partial charge in [0.15, 0.2) is 0 Å². The van der Waals surface area contributed by atoms with Gasteiger partial charge in [-0.05, 0) is 36.1 Å². The summed E-state index contributed by atoms with van der Waals surface area (Å²) in [5.41, 5.74) is 2.82. The van der Waals surface area contributed by atoms with Gasteiger partial charge < -0.3 is 15.7 Å². The first kappa shape index (κ1) is 11.1. The standard InChI is InChI=1S/C13H14N2O3/c16-12-5-7-3-9(1-2-11(7)15-12)14-6-8-4-10(8)13(17)18/h1-3,8,10,14H,4-6H2,(H,15,16)(H,17,18). The lowest BCUT2D eigenvalue weighted by molar-refractivity contribution is -0.138. The lowest BCUT2D eigenvalue weighted by Gasteiger charge is -2.07. The predicted octanol–water partition coefficient (Wildman–Crippen LogP) is 1.31. The van der Waals surface area contributed by atoms with Crippen LogP contribution >= 0.6 is 0 Å². The van der Waals surface area contributed by atoms with Crippen LogP contribution < -0.4 is 10.6 Å². The van der Waals surface area contributed by atoms with Gasteiger partial charge in [0.25, 0.3) is 0 Å². The van der Waals surface area contributed by atoms with Crippen LogP contribution in [0.3, 0.4) is 0 Å². The maximum Gasteiger partial charge on any atom is 0.306 e. The number of fused-ring (bicyclic) bond motifs is 1. The van der Waals surface area contributed by atoms with Gasteiger partial charge in [0.1, 0.15) is 0 Å². The minimum Gasteiger partial charge on any atom is -0.481 e. The molecule has 2 atom stereocenters. The highest BCUT2D eigenvalue weighted by Crippen LogP contribution is 2.38. The Labute approximate surface area is 104 Å². The highest BCUT2D eigenvalue weighted by Gasteiger charge is 2.42. The first-order chi connectivity index (χ1) is 8.63. The molecule has 2 unspecified atom stereocenters. The molecule has 94 valence electrons. The molecule has 1 amide bonds. The van der Waals surface area contributed by atoms with Crippen molar-refractivity contribution in [1.29, 1.82) is 0 Å². The normalized spacial score (nSPS) is 24.3. The first-order valence-corrected chi connectivity index (χ1v) is 6.03. The molecule has 2 aliphatic rings. The fraction of sp³-hybridized carbons (Fsp3) is 0.385. The Morgan fingerprint density at radius 2 is 2.33 bits per heavy atom. The lowest BCUT2D eigenvalue weighted by Crippen LogP contribution is -2.08. The van der Waals surface area contributed by atoms with E-state index in [0.29, 0.717) is 13.0 Å². The van der Waals surface area contributed by atoms with Gasteiger partial charge >= 0.3 is 5.97 Å². The maximum absolute atomic E-state index is 11.2. The van der Waals surface area contributed by atoms with Crippen molar-refractivity contribution < 1.29 is 14.7 Å². The van der Waals surface area contributed by atoms with Crippen LogP contribution in [0.4, 0.5) is 11.4 Å². The average Bonchev–Trinajstić information content (AvgIpc) is 3.01. The minimum atomic E-state index is -0.703. The average molecular weight is 246 g/mol. The molecule has 1 aromatic rings. The number of rotatable bonds is 4. The Bertz CT molecular complexity index is 527. The van der Waals surface area contributed by atoms with Gasteiger partial charge in [-0.2, -0.15) is 0 Å². The number of aliphatic carboxylic acids is 1. The summed E-state index contributed by atoms with van der Waals surface area (Å²) in [6, 6.07) is 5.73. The molecule has 5 heteroatoms. The molecule has 1 fully saturated rings. The van der Waals surface area contributed by atoms with Crippen molar-refractivity contribution in [3.63, 3.8) is 0 Å². The van der Waals surface area contributed by atoms with E-state index in [4.69, 9.17) is 5.11 Å². The van der Waals surface area contributed by atoms with Crippen molar-refractivity contribution in [2.75, 3.05) is 17.2 Å². The summed E-state index contributed by atoms with van der Waals surface area (Å²) in [6.45, 7) is 0.678. The third-order valence-electron chi connectivity index (χ3n) is 3.54. The van der Waals surface area contributed by atoms with E-state index in [2.05, 4.69) is 10.6 Å². The number of anilines is 2. The maximum atomic E-state index is 11.2. The Morgan fingerprint density at radius 1 is 1.50 bits per heavy atom. The molecule has 3 rings (SSSR count). The van der Waals surface area contributed by atoms with Crippen molar-refractivity contribution in [1.82, 2.24) is 0 Å². The second-order valence-electron chi connectivity index (χ2n) is 4.92. The van der Waals surface area contributed by atoms with Crippen molar-refractivity contribution in [3.8, 4) is 0 Å². The molecule has 0 aromatic heterocycles. The van der Waals surface area contributed by atoms with E-state index in [-0.39, 0.29) is 17.7 Å². The number of hydrogen-bond donors (Lipinski definition) is 3. The zero-order valence-corrected chi connectivity index (χ0v) is 9.77. The Kier molecular flexibility index (Phi) is 2.47. The van der Waals surface area contributed by atoms with Crippen molar-refractivity contribution in [2.45, 2.75) is 12.8 Å². The zero-order chi connectivity index (χ0) is 12.7. The number of carboxylic acid groups (broad SMARTS) is 1. The van der Waals surface area contributed by atoms with Crippen LogP contribution in [-0.4, -0.2) is 23.5 Å². The second kappa shape index (κ2) is 4.01. The molecule has 5 nitrogen and oxygen atoms in total. The fourth-order valence-electron chi connectivity index (χ4n) is 2.36. The van der Waals surface area contributed by atoms with Crippen molar-refractivity contribution in [3.05, 3.63) is 23.8 Å². The summed E-state index contributed by atoms with van der Waals surface area (Å²) in [7, 11) is 0. The van der Waals surface area contributed by atoms with E-state index in [1.807, 2.05) is 18.2 Å². The number of carbonyl (C=O) groups is 2. The van der Waals surface area contributed by atoms with Crippen LogP contribution in [0, 0.1) is 11.8 Å². The molecule has 3 N–H and O–H groups in total. The van der Waals surface area contributed by atoms with Gasteiger partial charge in [0.05, 0.1) is 12.3 Å². The summed E-state index contributed by atoms with van der Waals surface area (Å²) in [5.74, 6) is -0.633. The number of amides is 1. The van der Waals surface area contributed by atoms with Gasteiger partial charge in [0, 0.05) is 17.9 Å². The summed E-state index contributed by atoms with van der Waals surface area (Å²) >= 11 is 0. The zero-order valence-electron chi connectivity index (χ0n) is 9.77. The number of hydrogen-bond acceptors (Lipinski definition) is 3. The molecule has 18 heavy (non-hydrogen) atoms. The van der Waals surface area contributed by atoms with Crippen LogP contribution in [-0.2, 0) is 16.0 Å². The quantitative estimate of drug-likeness (QED) is 0.748. The van der Waals surface area contributed by atoms with Crippen LogP contribution in [0.15, 0.2) is 18.2 Å². The fourth-order valence-corrected chi connectivity index (χ4v) is 2.36. The highest BCUT2D eigenvalue weighted by molar-refractivity contribution is 5.99. The van der Waals surface area contributed by atoms with Crippen LogP contribution in [0.1, 0.15) is 12.0 Å². The van der Waals surface area contributed by atoms with Crippen LogP contribution in [0.2, 0.25) is 0 Å². The number of carboxylic acids is 1. The number of carbonyl (C=O) groups excluding carboxylic acids is 1. The summed E-state index contributed by atoms with van der Waals surface area (Å²) < 4.78 is 0. The van der Waals surface area contributed by atoms with E-state index in [1.54, 1.807) is 0 Å². The molecule has 0 spiro atoms. The third kappa shape index (κ3) is 2.03. The van der Waals surface area contributed by atoms with E-state index < -0.39 is 5.97 Å². The van der Waals surface area contributed by atoms with Gasteiger partial charge in [-0.1, -0.05) is 0 Å². The summed E-state index contributed by atoms with van der Waals surface area (Å²) in [4.78, 5) is 21.9. The van der Waals surface area contributed by atoms with E-state index in [1.165, 1.54) is 0 Å². The molecule has 1 aromatic carbocycles. The molecule has 0 radical (unpaired) electrons. The van der Waals surface area contributed by atoms with Crippen molar-refractivity contribution >= 4 is 23.3 Å². The molecular weight excluding hydrogens is 232 g/mol. The highest BCUT2D eigenvalue weighted by atomic mass is 16.4. The molecule has 1 saturated carbocycles. The van der Waals surface area contributed by atoms with E-state index >= 15 is 0 Å². The monoisotopic (exact) mass is 246 g/mol. The molecule has 1 aliphatic carbocycles. The van der Waals surface area contributed by atoms with Gasteiger partial charge in [0.2, 0.25) is 5.91 Å². The Hall–Kier alpha value is -2.04. The van der Waals surface area contributed by atoms with Crippen LogP contribution in [0.5, 0.6) is 0 Å². The Balaban J connectivity index is 1.60. The van der Waals surface area contributed by atoms with Gasteiger partial charge in [-0.15, -0.1) is 0 Å². The molecule has 1 aliphatic heterocycles. The molecule has 1 heterocycles. The topological polar surface area (TPSA) is 78.4 Å². The SMILES string of the molecule is O=C1Cc2cc(NCC3CC3C(=O)O)ccc2N1. The van der Waals surface area contributed by atoms with Crippen LogP contribution in [0.25, 0.3) is 0 Å². The Morgan fingerprint density at radius 3 is 3.06 bits per heavy atom. The second-order valence-corrected chi connectivity index (χ2v) is 4.92.